The van der Waals surface area contributed by atoms with Gasteiger partial charge in [-0.1, -0.05) is 6.07 Å². The molecule has 20 heavy (non-hydrogen) atoms. The Morgan fingerprint density at radius 3 is 2.20 bits per heavy atom. The smallest absolute Gasteiger partial charge is 0.319 e. The first-order valence-electron chi connectivity index (χ1n) is 6.67. The molecule has 0 radical (unpaired) electrons. The zero-order valence-corrected chi connectivity index (χ0v) is 12.2. The second kappa shape index (κ2) is 5.90. The van der Waals surface area contributed by atoms with E-state index in [9.17, 15) is 9.59 Å². The molecule has 2 heterocycles. The van der Waals surface area contributed by atoms with E-state index < -0.39 is 0 Å². The van der Waals surface area contributed by atoms with Crippen molar-refractivity contribution in [1.82, 2.24) is 19.7 Å². The minimum absolute atomic E-state index is 0.00874. The second-order valence-corrected chi connectivity index (χ2v) is 5.18. The first kappa shape index (κ1) is 14.3. The van der Waals surface area contributed by atoms with E-state index in [-0.39, 0.29) is 11.9 Å². The van der Waals surface area contributed by atoms with Crippen molar-refractivity contribution < 1.29 is 9.59 Å². The first-order chi connectivity index (χ1) is 9.49. The van der Waals surface area contributed by atoms with Crippen LogP contribution in [0.5, 0.6) is 0 Å². The third-order valence-corrected chi connectivity index (χ3v) is 3.35. The Labute approximate surface area is 119 Å². The van der Waals surface area contributed by atoms with Crippen LogP contribution in [0.1, 0.15) is 16.1 Å². The van der Waals surface area contributed by atoms with Gasteiger partial charge in [0.2, 0.25) is 0 Å². The van der Waals surface area contributed by atoms with Crippen molar-refractivity contribution in [3.05, 3.63) is 29.6 Å². The van der Waals surface area contributed by atoms with E-state index in [2.05, 4.69) is 4.98 Å². The van der Waals surface area contributed by atoms with Crippen LogP contribution in [0.4, 0.5) is 4.79 Å². The van der Waals surface area contributed by atoms with Crippen molar-refractivity contribution in [2.24, 2.45) is 0 Å². The van der Waals surface area contributed by atoms with Crippen LogP contribution in [0.15, 0.2) is 18.3 Å². The van der Waals surface area contributed by atoms with Gasteiger partial charge in [-0.3, -0.25) is 9.78 Å². The maximum Gasteiger partial charge on any atom is 0.319 e. The van der Waals surface area contributed by atoms with Gasteiger partial charge in [-0.2, -0.15) is 0 Å². The number of hydrogen-bond donors (Lipinski definition) is 0. The number of aromatic nitrogens is 1. The zero-order chi connectivity index (χ0) is 14.7. The average molecular weight is 276 g/mol. The standard InChI is InChI=1S/C14H20N4O2/c1-11-4-5-12(15-10-11)13(19)17-6-8-18(9-7-17)14(20)16(2)3/h4-5,10H,6-9H2,1-3H3. The lowest BCUT2D eigenvalue weighted by Crippen LogP contribution is -2.53. The summed E-state index contributed by atoms with van der Waals surface area (Å²) >= 11 is 0. The van der Waals surface area contributed by atoms with Crippen molar-refractivity contribution in [2.75, 3.05) is 40.3 Å². The van der Waals surface area contributed by atoms with Crippen molar-refractivity contribution in [2.45, 2.75) is 6.92 Å². The van der Waals surface area contributed by atoms with Gasteiger partial charge in [0.15, 0.2) is 0 Å². The van der Waals surface area contributed by atoms with Gasteiger partial charge in [-0.25, -0.2) is 4.79 Å². The Morgan fingerprint density at radius 1 is 1.10 bits per heavy atom. The molecule has 1 aliphatic heterocycles. The van der Waals surface area contributed by atoms with Gasteiger partial charge in [-0.05, 0) is 18.6 Å². The Bertz CT molecular complexity index is 490. The number of nitrogens with zero attached hydrogens (tertiary/aromatic N) is 4. The third kappa shape index (κ3) is 3.07. The molecule has 0 unspecified atom stereocenters. The lowest BCUT2D eigenvalue weighted by atomic mass is 10.2. The molecule has 1 aromatic heterocycles. The average Bonchev–Trinajstić information content (AvgIpc) is 2.46. The number of urea groups is 1. The molecule has 6 nitrogen and oxygen atoms in total. The van der Waals surface area contributed by atoms with Crippen LogP contribution >= 0.6 is 0 Å². The molecule has 1 saturated heterocycles. The monoisotopic (exact) mass is 276 g/mol. The highest BCUT2D eigenvalue weighted by atomic mass is 16.2. The molecule has 0 N–H and O–H groups in total. The van der Waals surface area contributed by atoms with E-state index in [1.807, 2.05) is 13.0 Å². The normalized spacial score (nSPS) is 15.2. The van der Waals surface area contributed by atoms with Crippen molar-refractivity contribution in [3.63, 3.8) is 0 Å². The summed E-state index contributed by atoms with van der Waals surface area (Å²) < 4.78 is 0. The summed E-state index contributed by atoms with van der Waals surface area (Å²) in [4.78, 5) is 33.3. The molecule has 0 aliphatic carbocycles. The Balaban J connectivity index is 1.95. The highest BCUT2D eigenvalue weighted by Crippen LogP contribution is 2.09. The topological polar surface area (TPSA) is 56.8 Å². The number of piperazine rings is 1. The predicted molar refractivity (Wildman–Crippen MR) is 75.5 cm³/mol. The summed E-state index contributed by atoms with van der Waals surface area (Å²) in [6.45, 7) is 4.16. The maximum atomic E-state index is 12.3. The number of carbonyl (C=O) groups excluding carboxylic acids is 2. The van der Waals surface area contributed by atoms with Crippen molar-refractivity contribution in [1.29, 1.82) is 0 Å². The summed E-state index contributed by atoms with van der Waals surface area (Å²) in [6.07, 6.45) is 1.69. The van der Waals surface area contributed by atoms with Crippen LogP contribution < -0.4 is 0 Å². The molecule has 3 amide bonds. The first-order valence-corrected chi connectivity index (χ1v) is 6.67. The van der Waals surface area contributed by atoms with Gasteiger partial charge in [0.05, 0.1) is 0 Å². The molecule has 1 fully saturated rings. The largest absolute Gasteiger partial charge is 0.334 e. The van der Waals surface area contributed by atoms with E-state index in [0.29, 0.717) is 31.9 Å². The number of amides is 3. The number of carbonyl (C=O) groups is 2. The Morgan fingerprint density at radius 2 is 1.70 bits per heavy atom. The van der Waals surface area contributed by atoms with Gasteiger partial charge in [0.25, 0.3) is 5.91 Å². The molecule has 0 spiro atoms. The number of pyridine rings is 1. The fourth-order valence-corrected chi connectivity index (χ4v) is 2.14. The summed E-state index contributed by atoms with van der Waals surface area (Å²) in [5.74, 6) is -0.0676. The van der Waals surface area contributed by atoms with E-state index in [1.165, 1.54) is 0 Å². The molecular weight excluding hydrogens is 256 g/mol. The SMILES string of the molecule is Cc1ccc(C(=O)N2CCN(C(=O)N(C)C)CC2)nc1. The van der Waals surface area contributed by atoms with Crippen molar-refractivity contribution in [3.8, 4) is 0 Å². The number of aryl methyl sites for hydroxylation is 1. The van der Waals surface area contributed by atoms with Gasteiger partial charge in [-0.15, -0.1) is 0 Å². The number of hydrogen-bond acceptors (Lipinski definition) is 3. The molecule has 2 rings (SSSR count). The minimum Gasteiger partial charge on any atom is -0.334 e. The summed E-state index contributed by atoms with van der Waals surface area (Å²) in [6, 6.07) is 3.62. The molecule has 1 aromatic rings. The molecule has 0 bridgehead atoms. The van der Waals surface area contributed by atoms with E-state index >= 15 is 0 Å². The summed E-state index contributed by atoms with van der Waals surface area (Å²) in [5.41, 5.74) is 1.49. The fourth-order valence-electron chi connectivity index (χ4n) is 2.14. The molecular formula is C14H20N4O2. The van der Waals surface area contributed by atoms with Gasteiger partial charge < -0.3 is 14.7 Å². The van der Waals surface area contributed by atoms with Crippen LogP contribution in [-0.2, 0) is 0 Å². The Hall–Kier alpha value is -2.11. The minimum atomic E-state index is -0.0676. The molecule has 108 valence electrons. The van der Waals surface area contributed by atoms with Gasteiger partial charge in [0.1, 0.15) is 5.69 Å². The van der Waals surface area contributed by atoms with E-state index in [0.717, 1.165) is 5.56 Å². The van der Waals surface area contributed by atoms with Crippen LogP contribution in [0.3, 0.4) is 0 Å². The second-order valence-electron chi connectivity index (χ2n) is 5.18. The lowest BCUT2D eigenvalue weighted by Gasteiger charge is -2.35. The fraction of sp³-hybridized carbons (Fsp3) is 0.500. The Kier molecular flexibility index (Phi) is 4.22. The molecule has 6 heteroatoms. The quantitative estimate of drug-likeness (QED) is 0.763. The number of rotatable bonds is 1. The van der Waals surface area contributed by atoms with Crippen molar-refractivity contribution >= 4 is 11.9 Å². The maximum absolute atomic E-state index is 12.3. The van der Waals surface area contributed by atoms with Crippen LogP contribution in [0.25, 0.3) is 0 Å². The van der Waals surface area contributed by atoms with Crippen LogP contribution in [0.2, 0.25) is 0 Å². The van der Waals surface area contributed by atoms with E-state index in [4.69, 9.17) is 0 Å². The van der Waals surface area contributed by atoms with Gasteiger partial charge >= 0.3 is 6.03 Å². The highest BCUT2D eigenvalue weighted by Gasteiger charge is 2.25. The molecule has 1 aliphatic rings. The van der Waals surface area contributed by atoms with Crippen LogP contribution in [0, 0.1) is 6.92 Å². The van der Waals surface area contributed by atoms with Gasteiger partial charge in [0, 0.05) is 46.5 Å². The summed E-state index contributed by atoms with van der Waals surface area (Å²) in [7, 11) is 3.46. The molecule has 0 atom stereocenters. The highest BCUT2D eigenvalue weighted by molar-refractivity contribution is 5.92. The lowest BCUT2D eigenvalue weighted by molar-refractivity contribution is 0.0644. The van der Waals surface area contributed by atoms with E-state index in [1.54, 1.807) is 41.1 Å². The molecule has 0 saturated carbocycles. The zero-order valence-electron chi connectivity index (χ0n) is 12.2. The third-order valence-electron chi connectivity index (χ3n) is 3.35. The van der Waals surface area contributed by atoms with Crippen LogP contribution in [-0.4, -0.2) is 71.9 Å². The molecule has 0 aromatic carbocycles. The summed E-state index contributed by atoms with van der Waals surface area (Å²) in [5, 5.41) is 0. The predicted octanol–water partition coefficient (Wildman–Crippen LogP) is 0.829.